The Morgan fingerprint density at radius 2 is 1.75 bits per heavy atom. The van der Waals surface area contributed by atoms with Crippen molar-refractivity contribution >= 4 is 12.1 Å². The predicted octanol–water partition coefficient (Wildman–Crippen LogP) is 1.40. The van der Waals surface area contributed by atoms with E-state index in [1.165, 1.54) is 0 Å². The Bertz CT molecular complexity index is 434. The van der Waals surface area contributed by atoms with Crippen LogP contribution in [0.3, 0.4) is 0 Å². The minimum absolute atomic E-state index is 0.150. The van der Waals surface area contributed by atoms with Crippen LogP contribution in [-0.4, -0.2) is 36.5 Å². The highest BCUT2D eigenvalue weighted by molar-refractivity contribution is 5.77. The fourth-order valence-electron chi connectivity index (χ4n) is 1.67. The van der Waals surface area contributed by atoms with Gasteiger partial charge in [-0.2, -0.15) is 0 Å². The standard InChI is InChI=1S/C14H19NO5/c1-3-19-13(17)12(16)11(15-14(18)20-4-2)10-8-6-5-7-9-10/h5-9,11-12,16H,3-4H2,1-2H3,(H,15,18)/t11-,12-/m1/s1. The van der Waals surface area contributed by atoms with Crippen LogP contribution in [0.25, 0.3) is 0 Å². The van der Waals surface area contributed by atoms with Gasteiger partial charge in [0.15, 0.2) is 6.10 Å². The Kier molecular flexibility index (Phi) is 6.52. The van der Waals surface area contributed by atoms with Crippen molar-refractivity contribution in [2.75, 3.05) is 13.2 Å². The maximum atomic E-state index is 11.6. The highest BCUT2D eigenvalue weighted by Gasteiger charge is 2.30. The number of rotatable bonds is 6. The monoisotopic (exact) mass is 281 g/mol. The van der Waals surface area contributed by atoms with Crippen LogP contribution < -0.4 is 5.32 Å². The molecule has 1 amide bonds. The quantitative estimate of drug-likeness (QED) is 0.770. The largest absolute Gasteiger partial charge is 0.464 e. The number of hydrogen-bond donors (Lipinski definition) is 2. The van der Waals surface area contributed by atoms with Crippen LogP contribution in [-0.2, 0) is 14.3 Å². The third-order valence-electron chi connectivity index (χ3n) is 2.55. The van der Waals surface area contributed by atoms with Crippen LogP contribution in [0.5, 0.6) is 0 Å². The zero-order valence-electron chi connectivity index (χ0n) is 11.5. The summed E-state index contributed by atoms with van der Waals surface area (Å²) in [6, 6.07) is 7.75. The Balaban J connectivity index is 2.89. The van der Waals surface area contributed by atoms with E-state index >= 15 is 0 Å². The third kappa shape index (κ3) is 4.55. The molecule has 6 heteroatoms. The van der Waals surface area contributed by atoms with Crippen molar-refractivity contribution in [3.05, 3.63) is 35.9 Å². The molecule has 0 aliphatic carbocycles. The van der Waals surface area contributed by atoms with E-state index in [1.54, 1.807) is 44.2 Å². The van der Waals surface area contributed by atoms with E-state index < -0.39 is 24.2 Å². The summed E-state index contributed by atoms with van der Waals surface area (Å²) in [5.74, 6) is -0.793. The van der Waals surface area contributed by atoms with Gasteiger partial charge in [-0.15, -0.1) is 0 Å². The van der Waals surface area contributed by atoms with Crippen molar-refractivity contribution in [3.63, 3.8) is 0 Å². The van der Waals surface area contributed by atoms with Crippen molar-refractivity contribution < 1.29 is 24.2 Å². The van der Waals surface area contributed by atoms with E-state index in [1.807, 2.05) is 0 Å². The molecule has 0 fully saturated rings. The summed E-state index contributed by atoms with van der Waals surface area (Å²) >= 11 is 0. The molecule has 6 nitrogen and oxygen atoms in total. The summed E-state index contributed by atoms with van der Waals surface area (Å²) in [6.45, 7) is 3.65. The second-order valence-corrected chi connectivity index (χ2v) is 3.95. The maximum absolute atomic E-state index is 11.6. The van der Waals surface area contributed by atoms with E-state index in [9.17, 15) is 14.7 Å². The molecule has 0 saturated carbocycles. The lowest BCUT2D eigenvalue weighted by atomic mass is 10.0. The summed E-state index contributed by atoms with van der Waals surface area (Å²) < 4.78 is 9.54. The predicted molar refractivity (Wildman–Crippen MR) is 72.0 cm³/mol. The first-order valence-corrected chi connectivity index (χ1v) is 6.43. The molecule has 0 spiro atoms. The lowest BCUT2D eigenvalue weighted by molar-refractivity contribution is -0.154. The number of carbonyl (C=O) groups excluding carboxylic acids is 2. The lowest BCUT2D eigenvalue weighted by Gasteiger charge is -2.22. The van der Waals surface area contributed by atoms with Crippen LogP contribution in [0.1, 0.15) is 25.5 Å². The van der Waals surface area contributed by atoms with Gasteiger partial charge in [-0.1, -0.05) is 30.3 Å². The van der Waals surface area contributed by atoms with Gasteiger partial charge in [-0.3, -0.25) is 0 Å². The Labute approximate surface area is 117 Å². The molecule has 1 aromatic carbocycles. The number of nitrogens with one attached hydrogen (secondary N) is 1. The SMILES string of the molecule is CCOC(=O)N[C@H](c1ccccc1)[C@@H](O)C(=O)OCC. The molecular formula is C14H19NO5. The Morgan fingerprint density at radius 3 is 2.30 bits per heavy atom. The number of aliphatic hydroxyl groups is 1. The lowest BCUT2D eigenvalue weighted by Crippen LogP contribution is -2.41. The van der Waals surface area contributed by atoms with Crippen LogP contribution in [0.2, 0.25) is 0 Å². The molecule has 2 N–H and O–H groups in total. The first kappa shape index (κ1) is 16.0. The van der Waals surface area contributed by atoms with Crippen molar-refractivity contribution in [2.24, 2.45) is 0 Å². The first-order valence-electron chi connectivity index (χ1n) is 6.43. The number of amides is 1. The smallest absolute Gasteiger partial charge is 0.407 e. The number of ether oxygens (including phenoxy) is 2. The maximum Gasteiger partial charge on any atom is 0.407 e. The van der Waals surface area contributed by atoms with Gasteiger partial charge in [0.1, 0.15) is 0 Å². The molecule has 0 bridgehead atoms. The zero-order chi connectivity index (χ0) is 15.0. The van der Waals surface area contributed by atoms with Gasteiger partial charge in [0.05, 0.1) is 19.3 Å². The topological polar surface area (TPSA) is 84.9 Å². The van der Waals surface area contributed by atoms with E-state index in [0.717, 1.165) is 0 Å². The highest BCUT2D eigenvalue weighted by Crippen LogP contribution is 2.18. The first-order chi connectivity index (χ1) is 9.60. The summed E-state index contributed by atoms with van der Waals surface area (Å²) in [7, 11) is 0. The number of hydrogen-bond acceptors (Lipinski definition) is 5. The molecule has 0 saturated heterocycles. The number of alkyl carbamates (subject to hydrolysis) is 1. The van der Waals surface area contributed by atoms with Crippen LogP contribution >= 0.6 is 0 Å². The summed E-state index contributed by atoms with van der Waals surface area (Å²) in [5, 5.41) is 12.5. The second-order valence-electron chi connectivity index (χ2n) is 3.95. The summed E-state index contributed by atoms with van der Waals surface area (Å²) in [6.07, 6.45) is -2.20. The van der Waals surface area contributed by atoms with Crippen molar-refractivity contribution in [2.45, 2.75) is 26.0 Å². The van der Waals surface area contributed by atoms with Crippen molar-refractivity contribution in [3.8, 4) is 0 Å². The fourth-order valence-corrected chi connectivity index (χ4v) is 1.67. The molecule has 0 heterocycles. The summed E-state index contributed by atoms with van der Waals surface area (Å²) in [5.41, 5.74) is 0.584. The molecule has 1 rings (SSSR count). The van der Waals surface area contributed by atoms with Crippen LogP contribution in [0.4, 0.5) is 4.79 Å². The van der Waals surface area contributed by atoms with Gasteiger partial charge >= 0.3 is 12.1 Å². The third-order valence-corrected chi connectivity index (χ3v) is 2.55. The van der Waals surface area contributed by atoms with Gasteiger partial charge < -0.3 is 19.9 Å². The second kappa shape index (κ2) is 8.16. The van der Waals surface area contributed by atoms with E-state index in [0.29, 0.717) is 5.56 Å². The molecule has 1 aromatic rings. The minimum atomic E-state index is -1.50. The highest BCUT2D eigenvalue weighted by atomic mass is 16.6. The Hall–Kier alpha value is -2.08. The molecule has 0 aromatic heterocycles. The van der Waals surface area contributed by atoms with Crippen molar-refractivity contribution in [1.29, 1.82) is 0 Å². The van der Waals surface area contributed by atoms with Gasteiger partial charge in [0.2, 0.25) is 0 Å². The average Bonchev–Trinajstić information content (AvgIpc) is 2.45. The fraction of sp³-hybridized carbons (Fsp3) is 0.429. The van der Waals surface area contributed by atoms with Crippen LogP contribution in [0.15, 0.2) is 30.3 Å². The molecule has 2 atom stereocenters. The molecule has 110 valence electrons. The molecule has 0 aliphatic rings. The number of aliphatic hydroxyl groups excluding tert-OH is 1. The van der Waals surface area contributed by atoms with E-state index in [-0.39, 0.29) is 13.2 Å². The van der Waals surface area contributed by atoms with Crippen molar-refractivity contribution in [1.82, 2.24) is 5.32 Å². The number of esters is 1. The molecule has 0 radical (unpaired) electrons. The minimum Gasteiger partial charge on any atom is -0.464 e. The van der Waals surface area contributed by atoms with Gasteiger partial charge in [0, 0.05) is 0 Å². The molecule has 0 aliphatic heterocycles. The Morgan fingerprint density at radius 1 is 1.15 bits per heavy atom. The number of benzene rings is 1. The van der Waals surface area contributed by atoms with Gasteiger partial charge in [0.25, 0.3) is 0 Å². The number of carbonyl (C=O) groups is 2. The van der Waals surface area contributed by atoms with Crippen LogP contribution in [0, 0.1) is 0 Å². The molecule has 0 unspecified atom stereocenters. The zero-order valence-corrected chi connectivity index (χ0v) is 11.5. The average molecular weight is 281 g/mol. The molecule has 20 heavy (non-hydrogen) atoms. The van der Waals surface area contributed by atoms with Gasteiger partial charge in [-0.05, 0) is 19.4 Å². The van der Waals surface area contributed by atoms with Gasteiger partial charge in [-0.25, -0.2) is 9.59 Å². The van der Waals surface area contributed by atoms with E-state index in [4.69, 9.17) is 9.47 Å². The molecular weight excluding hydrogens is 262 g/mol. The normalized spacial score (nSPS) is 13.2. The van der Waals surface area contributed by atoms with E-state index in [2.05, 4.69) is 5.32 Å². The summed E-state index contributed by atoms with van der Waals surface area (Å²) in [4.78, 5) is 23.1.